The standard InChI is InChI=1S/C13H13N3OS2/c1-7-4-8(2)15-12-9(7)10-11(19-12)13(17)16(5-14-10)6-18-3/h4-5H,6H2,1-3H3. The van der Waals surface area contributed by atoms with Gasteiger partial charge in [0, 0.05) is 11.1 Å². The second-order valence-corrected chi connectivity index (χ2v) is 6.31. The number of aromatic nitrogens is 3. The minimum atomic E-state index is 0.0272. The minimum Gasteiger partial charge on any atom is -0.288 e. The zero-order valence-electron chi connectivity index (χ0n) is 10.9. The SMILES string of the molecule is CSCn1cnc2c(sc3nc(C)cc(C)c32)c1=O. The number of thioether (sulfide) groups is 1. The Labute approximate surface area is 118 Å². The molecule has 0 atom stereocenters. The first-order valence-electron chi connectivity index (χ1n) is 5.86. The molecule has 3 aromatic heterocycles. The lowest BCUT2D eigenvalue weighted by atomic mass is 10.1. The third kappa shape index (κ3) is 1.95. The van der Waals surface area contributed by atoms with Gasteiger partial charge >= 0.3 is 0 Å². The van der Waals surface area contributed by atoms with Crippen LogP contribution >= 0.6 is 23.1 Å². The molecule has 19 heavy (non-hydrogen) atoms. The first-order valence-corrected chi connectivity index (χ1v) is 8.07. The summed E-state index contributed by atoms with van der Waals surface area (Å²) in [4.78, 5) is 22.3. The number of pyridine rings is 1. The van der Waals surface area contributed by atoms with E-state index in [0.717, 1.165) is 27.0 Å². The highest BCUT2D eigenvalue weighted by Gasteiger charge is 2.14. The molecule has 0 saturated heterocycles. The van der Waals surface area contributed by atoms with Crippen molar-refractivity contribution in [3.8, 4) is 0 Å². The zero-order valence-corrected chi connectivity index (χ0v) is 12.6. The maximum Gasteiger partial charge on any atom is 0.272 e. The van der Waals surface area contributed by atoms with Gasteiger partial charge in [-0.3, -0.25) is 9.36 Å². The van der Waals surface area contributed by atoms with Gasteiger partial charge < -0.3 is 0 Å². The third-order valence-electron chi connectivity index (χ3n) is 3.01. The molecule has 0 fully saturated rings. The Morgan fingerprint density at radius 1 is 1.42 bits per heavy atom. The van der Waals surface area contributed by atoms with E-state index in [0.29, 0.717) is 10.6 Å². The van der Waals surface area contributed by atoms with Crippen molar-refractivity contribution in [1.82, 2.24) is 14.5 Å². The van der Waals surface area contributed by atoms with Crippen LogP contribution in [-0.4, -0.2) is 20.8 Å². The molecule has 0 saturated carbocycles. The summed E-state index contributed by atoms with van der Waals surface area (Å²) in [5.74, 6) is 0.626. The fraction of sp³-hybridized carbons (Fsp3) is 0.308. The van der Waals surface area contributed by atoms with Gasteiger partial charge in [0.2, 0.25) is 0 Å². The molecular formula is C13H13N3OS2. The Bertz CT molecular complexity index is 835. The van der Waals surface area contributed by atoms with Crippen LogP contribution in [-0.2, 0) is 5.88 Å². The van der Waals surface area contributed by atoms with E-state index >= 15 is 0 Å². The number of aryl methyl sites for hydroxylation is 2. The Kier molecular flexibility index (Phi) is 3.06. The number of nitrogens with zero attached hydrogens (tertiary/aromatic N) is 3. The van der Waals surface area contributed by atoms with Crippen molar-refractivity contribution in [2.45, 2.75) is 19.7 Å². The molecule has 0 amide bonds. The quantitative estimate of drug-likeness (QED) is 0.728. The highest BCUT2D eigenvalue weighted by atomic mass is 32.2. The van der Waals surface area contributed by atoms with E-state index in [1.807, 2.05) is 26.2 Å². The second-order valence-electron chi connectivity index (χ2n) is 4.48. The fourth-order valence-corrected chi connectivity index (χ4v) is 3.89. The second kappa shape index (κ2) is 4.61. The van der Waals surface area contributed by atoms with Crippen molar-refractivity contribution >= 4 is 43.5 Å². The number of rotatable bonds is 2. The molecule has 0 unspecified atom stereocenters. The van der Waals surface area contributed by atoms with Gasteiger partial charge in [0.1, 0.15) is 9.53 Å². The lowest BCUT2D eigenvalue weighted by Crippen LogP contribution is -2.18. The van der Waals surface area contributed by atoms with E-state index in [4.69, 9.17) is 0 Å². The first-order chi connectivity index (χ1) is 9.11. The molecule has 0 aliphatic heterocycles. The topological polar surface area (TPSA) is 47.8 Å². The van der Waals surface area contributed by atoms with Gasteiger partial charge in [-0.1, -0.05) is 0 Å². The third-order valence-corrected chi connectivity index (χ3v) is 4.61. The van der Waals surface area contributed by atoms with E-state index in [9.17, 15) is 4.79 Å². The molecular weight excluding hydrogens is 278 g/mol. The van der Waals surface area contributed by atoms with Crippen LogP contribution in [0.4, 0.5) is 0 Å². The Hall–Kier alpha value is -1.40. The normalized spacial score (nSPS) is 11.5. The molecule has 4 nitrogen and oxygen atoms in total. The van der Waals surface area contributed by atoms with Gasteiger partial charge in [0.15, 0.2) is 0 Å². The average Bonchev–Trinajstić information content (AvgIpc) is 2.72. The first kappa shape index (κ1) is 12.6. The van der Waals surface area contributed by atoms with Gasteiger partial charge in [-0.15, -0.1) is 23.1 Å². The molecule has 6 heteroatoms. The van der Waals surface area contributed by atoms with E-state index in [1.165, 1.54) is 11.3 Å². The Morgan fingerprint density at radius 2 is 2.21 bits per heavy atom. The van der Waals surface area contributed by atoms with Gasteiger partial charge in [-0.05, 0) is 31.7 Å². The summed E-state index contributed by atoms with van der Waals surface area (Å²) >= 11 is 3.04. The number of hydrogen-bond acceptors (Lipinski definition) is 5. The van der Waals surface area contributed by atoms with Crippen LogP contribution in [0.25, 0.3) is 20.4 Å². The number of fused-ring (bicyclic) bond motifs is 3. The lowest BCUT2D eigenvalue weighted by molar-refractivity contribution is 0.827. The average molecular weight is 291 g/mol. The smallest absolute Gasteiger partial charge is 0.272 e. The van der Waals surface area contributed by atoms with Gasteiger partial charge in [0.25, 0.3) is 5.56 Å². The summed E-state index contributed by atoms with van der Waals surface area (Å²) in [6.45, 7) is 4.01. The number of hydrogen-bond donors (Lipinski definition) is 0. The van der Waals surface area contributed by atoms with Crippen LogP contribution in [0, 0.1) is 13.8 Å². The molecule has 0 aliphatic rings. The van der Waals surface area contributed by atoms with Crippen LogP contribution < -0.4 is 5.56 Å². The van der Waals surface area contributed by atoms with Gasteiger partial charge in [0.05, 0.1) is 17.7 Å². The van der Waals surface area contributed by atoms with E-state index < -0.39 is 0 Å². The molecule has 0 aromatic carbocycles. The van der Waals surface area contributed by atoms with Crippen LogP contribution in [0.15, 0.2) is 17.2 Å². The maximum absolute atomic E-state index is 12.4. The molecule has 0 aliphatic carbocycles. The van der Waals surface area contributed by atoms with E-state index in [1.54, 1.807) is 22.7 Å². The summed E-state index contributed by atoms with van der Waals surface area (Å²) < 4.78 is 2.35. The van der Waals surface area contributed by atoms with Crippen LogP contribution in [0.2, 0.25) is 0 Å². The highest BCUT2D eigenvalue weighted by molar-refractivity contribution is 7.97. The van der Waals surface area contributed by atoms with E-state index in [-0.39, 0.29) is 5.56 Å². The number of thiophene rings is 1. The summed E-state index contributed by atoms with van der Waals surface area (Å²) in [6, 6.07) is 2.03. The van der Waals surface area contributed by atoms with Crippen LogP contribution in [0.1, 0.15) is 11.3 Å². The molecule has 0 spiro atoms. The molecule has 98 valence electrons. The molecule has 3 heterocycles. The van der Waals surface area contributed by atoms with Gasteiger partial charge in [-0.2, -0.15) is 0 Å². The summed E-state index contributed by atoms with van der Waals surface area (Å²) in [6.07, 6.45) is 3.60. The summed E-state index contributed by atoms with van der Waals surface area (Å²) in [5.41, 5.74) is 2.91. The molecule has 0 N–H and O–H groups in total. The molecule has 0 bridgehead atoms. The Morgan fingerprint density at radius 3 is 2.95 bits per heavy atom. The zero-order chi connectivity index (χ0) is 13.6. The van der Waals surface area contributed by atoms with Crippen molar-refractivity contribution in [3.63, 3.8) is 0 Å². The van der Waals surface area contributed by atoms with Crippen molar-refractivity contribution < 1.29 is 0 Å². The predicted octanol–water partition coefficient (Wildman–Crippen LogP) is 2.94. The van der Waals surface area contributed by atoms with Crippen molar-refractivity contribution in [1.29, 1.82) is 0 Å². The largest absolute Gasteiger partial charge is 0.288 e. The Balaban J connectivity index is 2.44. The molecule has 3 aromatic rings. The van der Waals surface area contributed by atoms with Crippen molar-refractivity contribution in [3.05, 3.63) is 34.0 Å². The molecule has 0 radical (unpaired) electrons. The predicted molar refractivity (Wildman–Crippen MR) is 82.2 cm³/mol. The highest BCUT2D eigenvalue weighted by Crippen LogP contribution is 2.31. The summed E-state index contributed by atoms with van der Waals surface area (Å²) in [5, 5.41) is 1.01. The van der Waals surface area contributed by atoms with E-state index in [2.05, 4.69) is 9.97 Å². The maximum atomic E-state index is 12.4. The minimum absolute atomic E-state index is 0.0272. The summed E-state index contributed by atoms with van der Waals surface area (Å²) in [7, 11) is 0. The lowest BCUT2D eigenvalue weighted by Gasteiger charge is -2.02. The van der Waals surface area contributed by atoms with Crippen molar-refractivity contribution in [2.75, 3.05) is 6.26 Å². The van der Waals surface area contributed by atoms with Gasteiger partial charge in [-0.25, -0.2) is 9.97 Å². The van der Waals surface area contributed by atoms with Crippen molar-refractivity contribution in [2.24, 2.45) is 0 Å². The van der Waals surface area contributed by atoms with Crippen LogP contribution in [0.5, 0.6) is 0 Å². The monoisotopic (exact) mass is 291 g/mol. The van der Waals surface area contributed by atoms with Crippen LogP contribution in [0.3, 0.4) is 0 Å². The fourth-order valence-electron chi connectivity index (χ4n) is 2.23. The molecule has 3 rings (SSSR count).